The predicted molar refractivity (Wildman–Crippen MR) is 432 cm³/mol. The van der Waals surface area contributed by atoms with Gasteiger partial charge in [0.1, 0.15) is 19.3 Å². The molecule has 0 saturated carbocycles. The number of carbonyl (C=O) groups is 4. The number of ether oxygens (including phenoxy) is 4. The number of aliphatic hydroxyl groups is 1. The zero-order valence-corrected chi connectivity index (χ0v) is 70.8. The second-order valence-electron chi connectivity index (χ2n) is 31.4. The molecule has 19 heteroatoms. The highest BCUT2D eigenvalue weighted by Crippen LogP contribution is 2.45. The molecule has 0 amide bonds. The Hall–Kier alpha value is -1.94. The highest BCUT2D eigenvalue weighted by atomic mass is 31.2. The Morgan fingerprint density at radius 3 is 0.676 bits per heavy atom. The fraction of sp³-hybridized carbons (Fsp3) is 0.953. The third kappa shape index (κ3) is 77.2. The molecule has 0 fully saturated rings. The summed E-state index contributed by atoms with van der Waals surface area (Å²) in [7, 11) is -9.92. The van der Waals surface area contributed by atoms with Crippen LogP contribution < -0.4 is 0 Å². The summed E-state index contributed by atoms with van der Waals surface area (Å²) in [5, 5.41) is 10.7. The van der Waals surface area contributed by atoms with Crippen molar-refractivity contribution in [1.29, 1.82) is 0 Å². The Kier molecular flexibility index (Phi) is 76.0. The average molecular weight is 1540 g/mol. The number of rotatable bonds is 85. The maximum Gasteiger partial charge on any atom is 0.472 e. The van der Waals surface area contributed by atoms with E-state index in [1.807, 2.05) is 0 Å². The Balaban J connectivity index is 5.20. The van der Waals surface area contributed by atoms with Crippen molar-refractivity contribution in [1.82, 2.24) is 0 Å². The number of hydrogen-bond acceptors (Lipinski definition) is 15. The summed E-state index contributed by atoms with van der Waals surface area (Å²) in [6.07, 6.45) is 69.6. The van der Waals surface area contributed by atoms with Crippen LogP contribution in [0.1, 0.15) is 459 Å². The minimum absolute atomic E-state index is 0.107. The zero-order chi connectivity index (χ0) is 77.1. The molecule has 0 rings (SSSR count). The Morgan fingerprint density at radius 2 is 0.457 bits per heavy atom. The van der Waals surface area contributed by atoms with Gasteiger partial charge in [-0.25, -0.2) is 9.13 Å². The standard InChI is InChI=1S/C86H168O17P2/c1-7-11-13-15-17-19-21-23-24-25-26-27-28-32-35-38-42-45-49-56-62-68-83(88)96-74-81(102-86(91)71-65-59-51-47-43-39-36-33-30-29-31-34-37-40-44-48-54-60-66-78(5)9-3)76-100-104(92,93)98-72-80(87)73-99-105(94,95)101-77-82(75-97-84(89)69-63-57-53-52-55-61-67-79(6)10-4)103-85(90)70-64-58-50-46-41-22-20-18-16-14-12-8-2/h78-82,87H,7-77H2,1-6H3,(H,92,93)(H,94,95)/t78?,79?,80-,81-,82-/m1/s1. The van der Waals surface area contributed by atoms with E-state index in [1.54, 1.807) is 0 Å². The summed E-state index contributed by atoms with van der Waals surface area (Å²) in [5.41, 5.74) is 0. The molecule has 4 unspecified atom stereocenters. The summed E-state index contributed by atoms with van der Waals surface area (Å²) in [4.78, 5) is 73.1. The maximum atomic E-state index is 13.1. The van der Waals surface area contributed by atoms with Crippen LogP contribution in [-0.4, -0.2) is 96.7 Å². The molecule has 0 aromatic carbocycles. The first-order chi connectivity index (χ1) is 50.9. The molecular weight excluding hydrogens is 1370 g/mol. The molecule has 0 heterocycles. The van der Waals surface area contributed by atoms with Crippen LogP contribution >= 0.6 is 15.6 Å². The van der Waals surface area contributed by atoms with Gasteiger partial charge in [-0.1, -0.05) is 408 Å². The predicted octanol–water partition coefficient (Wildman–Crippen LogP) is 26.2. The molecule has 0 aliphatic heterocycles. The van der Waals surface area contributed by atoms with Gasteiger partial charge in [-0.2, -0.15) is 0 Å². The van der Waals surface area contributed by atoms with Gasteiger partial charge in [0.05, 0.1) is 26.4 Å². The molecule has 7 atom stereocenters. The lowest BCUT2D eigenvalue weighted by atomic mass is 9.99. The van der Waals surface area contributed by atoms with Gasteiger partial charge in [-0.05, 0) is 37.5 Å². The lowest BCUT2D eigenvalue weighted by molar-refractivity contribution is -0.161. The number of phosphoric ester groups is 2. The molecule has 0 radical (unpaired) electrons. The van der Waals surface area contributed by atoms with E-state index >= 15 is 0 Å². The van der Waals surface area contributed by atoms with E-state index in [1.165, 1.54) is 270 Å². The van der Waals surface area contributed by atoms with Crippen LogP contribution in [0, 0.1) is 11.8 Å². The van der Waals surface area contributed by atoms with Crippen LogP contribution in [0.25, 0.3) is 0 Å². The summed E-state index contributed by atoms with van der Waals surface area (Å²) < 4.78 is 68.8. The third-order valence-corrected chi connectivity index (χ3v) is 22.8. The van der Waals surface area contributed by atoms with E-state index < -0.39 is 97.5 Å². The number of unbranched alkanes of at least 4 members (excludes halogenated alkanes) is 53. The highest BCUT2D eigenvalue weighted by molar-refractivity contribution is 7.47. The molecule has 0 aliphatic carbocycles. The summed E-state index contributed by atoms with van der Waals surface area (Å²) in [6.45, 7) is 9.69. The lowest BCUT2D eigenvalue weighted by Crippen LogP contribution is -2.30. The monoisotopic (exact) mass is 1540 g/mol. The molecule has 0 spiro atoms. The molecule has 0 saturated heterocycles. The van der Waals surface area contributed by atoms with Gasteiger partial charge in [-0.3, -0.25) is 37.3 Å². The first kappa shape index (κ1) is 103. The van der Waals surface area contributed by atoms with Gasteiger partial charge < -0.3 is 33.8 Å². The molecule has 624 valence electrons. The third-order valence-electron chi connectivity index (χ3n) is 20.9. The second-order valence-corrected chi connectivity index (χ2v) is 34.3. The average Bonchev–Trinajstić information content (AvgIpc) is 0.905. The number of phosphoric acid groups is 2. The smallest absolute Gasteiger partial charge is 0.462 e. The van der Waals surface area contributed by atoms with E-state index in [-0.39, 0.29) is 25.7 Å². The molecule has 0 aliphatic rings. The minimum Gasteiger partial charge on any atom is -0.462 e. The SMILES string of the molecule is CCCCCCCCCCCCCCCCCCCCCCCC(=O)OC[C@H](COP(=O)(O)OC[C@@H](O)COP(=O)(O)OC[C@@H](COC(=O)CCCCCCCCC(C)CC)OC(=O)CCCCCCCCCCCCCC)OC(=O)CCCCCCCCCCCCCCCCCCCCC(C)CC. The number of carbonyl (C=O) groups excluding carboxylic acids is 4. The van der Waals surface area contributed by atoms with Crippen molar-refractivity contribution in [2.75, 3.05) is 39.6 Å². The molecule has 0 bridgehead atoms. The Bertz CT molecular complexity index is 2010. The Morgan fingerprint density at radius 1 is 0.267 bits per heavy atom. The van der Waals surface area contributed by atoms with Crippen LogP contribution in [0.4, 0.5) is 0 Å². The fourth-order valence-corrected chi connectivity index (χ4v) is 14.9. The molecule has 0 aromatic heterocycles. The van der Waals surface area contributed by atoms with Gasteiger partial charge in [-0.15, -0.1) is 0 Å². The normalized spacial score (nSPS) is 14.3. The van der Waals surface area contributed by atoms with E-state index in [2.05, 4.69) is 41.5 Å². The summed E-state index contributed by atoms with van der Waals surface area (Å²) in [5.74, 6) is -0.503. The summed E-state index contributed by atoms with van der Waals surface area (Å²) in [6, 6.07) is 0. The van der Waals surface area contributed by atoms with Gasteiger partial charge in [0.2, 0.25) is 0 Å². The lowest BCUT2D eigenvalue weighted by Gasteiger charge is -2.21. The number of hydrogen-bond donors (Lipinski definition) is 3. The topological polar surface area (TPSA) is 237 Å². The van der Waals surface area contributed by atoms with Gasteiger partial charge in [0, 0.05) is 25.7 Å². The van der Waals surface area contributed by atoms with Crippen molar-refractivity contribution in [2.45, 2.75) is 477 Å². The van der Waals surface area contributed by atoms with Crippen molar-refractivity contribution in [3.8, 4) is 0 Å². The first-order valence-corrected chi connectivity index (χ1v) is 47.6. The van der Waals surface area contributed by atoms with Crippen LogP contribution in [-0.2, 0) is 65.4 Å². The quantitative estimate of drug-likeness (QED) is 0.0222. The van der Waals surface area contributed by atoms with Crippen molar-refractivity contribution in [2.24, 2.45) is 11.8 Å². The molecular formula is C86H168O17P2. The molecule has 0 aromatic rings. The Labute approximate surface area is 645 Å². The van der Waals surface area contributed by atoms with Crippen molar-refractivity contribution >= 4 is 39.5 Å². The number of esters is 4. The van der Waals surface area contributed by atoms with Crippen molar-refractivity contribution in [3.05, 3.63) is 0 Å². The number of aliphatic hydroxyl groups excluding tert-OH is 1. The van der Waals surface area contributed by atoms with Crippen molar-refractivity contribution < 1.29 is 80.2 Å². The van der Waals surface area contributed by atoms with Gasteiger partial charge in [0.25, 0.3) is 0 Å². The largest absolute Gasteiger partial charge is 0.472 e. The van der Waals surface area contributed by atoms with Crippen LogP contribution in [0.2, 0.25) is 0 Å². The van der Waals surface area contributed by atoms with Crippen LogP contribution in [0.15, 0.2) is 0 Å². The van der Waals surface area contributed by atoms with Crippen LogP contribution in [0.3, 0.4) is 0 Å². The van der Waals surface area contributed by atoms with Gasteiger partial charge >= 0.3 is 39.5 Å². The minimum atomic E-state index is -4.97. The molecule has 105 heavy (non-hydrogen) atoms. The van der Waals surface area contributed by atoms with Crippen LogP contribution in [0.5, 0.6) is 0 Å². The maximum absolute atomic E-state index is 13.1. The van der Waals surface area contributed by atoms with E-state index in [4.69, 9.17) is 37.0 Å². The summed E-state index contributed by atoms with van der Waals surface area (Å²) >= 11 is 0. The zero-order valence-electron chi connectivity index (χ0n) is 69.0. The molecule has 3 N–H and O–H groups in total. The van der Waals surface area contributed by atoms with E-state index in [0.29, 0.717) is 25.7 Å². The molecule has 17 nitrogen and oxygen atoms in total. The fourth-order valence-electron chi connectivity index (χ4n) is 13.4. The van der Waals surface area contributed by atoms with E-state index in [0.717, 1.165) is 108 Å². The van der Waals surface area contributed by atoms with Crippen molar-refractivity contribution in [3.63, 3.8) is 0 Å². The van der Waals surface area contributed by atoms with E-state index in [9.17, 15) is 43.2 Å². The highest BCUT2D eigenvalue weighted by Gasteiger charge is 2.30. The van der Waals surface area contributed by atoms with Gasteiger partial charge in [0.15, 0.2) is 12.2 Å². The second kappa shape index (κ2) is 77.4. The first-order valence-electron chi connectivity index (χ1n) is 44.6.